The molecular formula is C15H18O2S. The molecule has 1 heterocycles. The molecule has 0 amide bonds. The molecule has 0 aliphatic rings. The first-order chi connectivity index (χ1) is 8.85. The Bertz CT molecular complexity index is 459. The number of benzene rings is 1. The van der Waals surface area contributed by atoms with E-state index in [0.29, 0.717) is 13.2 Å². The molecule has 1 aromatic carbocycles. The average molecular weight is 262 g/mol. The van der Waals surface area contributed by atoms with Crippen LogP contribution >= 0.6 is 11.3 Å². The van der Waals surface area contributed by atoms with Gasteiger partial charge in [-0.25, -0.2) is 0 Å². The van der Waals surface area contributed by atoms with Crippen LogP contribution in [0.25, 0.3) is 10.4 Å². The third-order valence-corrected chi connectivity index (χ3v) is 3.52. The minimum atomic E-state index is -0.264. The standard InChI is InChI=1S/C15H18O2S/c1-3-16-15(17-4-2)13-8-5-7-12(11-13)14-9-6-10-18-14/h5-11,15H,3-4H2,1-2H3. The van der Waals surface area contributed by atoms with Gasteiger partial charge in [-0.05, 0) is 36.9 Å². The Morgan fingerprint density at radius 3 is 2.44 bits per heavy atom. The average Bonchev–Trinajstić information content (AvgIpc) is 2.93. The van der Waals surface area contributed by atoms with Crippen molar-refractivity contribution in [3.63, 3.8) is 0 Å². The van der Waals surface area contributed by atoms with E-state index < -0.39 is 0 Å². The number of rotatable bonds is 6. The summed E-state index contributed by atoms with van der Waals surface area (Å²) in [7, 11) is 0. The Hall–Kier alpha value is -1.16. The molecule has 0 atom stereocenters. The quantitative estimate of drug-likeness (QED) is 0.714. The normalized spacial score (nSPS) is 11.1. The molecular weight excluding hydrogens is 244 g/mol. The minimum absolute atomic E-state index is 0.264. The van der Waals surface area contributed by atoms with Crippen LogP contribution in [-0.2, 0) is 9.47 Å². The SMILES string of the molecule is CCOC(OCC)c1cccc(-c2cccs2)c1. The number of hydrogen-bond donors (Lipinski definition) is 0. The molecule has 0 saturated carbocycles. The highest BCUT2D eigenvalue weighted by Crippen LogP contribution is 2.28. The number of hydrogen-bond acceptors (Lipinski definition) is 3. The van der Waals surface area contributed by atoms with E-state index in [-0.39, 0.29) is 6.29 Å². The maximum atomic E-state index is 5.62. The molecule has 0 saturated heterocycles. The smallest absolute Gasteiger partial charge is 0.183 e. The Morgan fingerprint density at radius 1 is 1.06 bits per heavy atom. The van der Waals surface area contributed by atoms with Crippen LogP contribution in [0.1, 0.15) is 25.7 Å². The van der Waals surface area contributed by atoms with Gasteiger partial charge in [-0.3, -0.25) is 0 Å². The van der Waals surface area contributed by atoms with Gasteiger partial charge in [0.25, 0.3) is 0 Å². The molecule has 0 radical (unpaired) electrons. The summed E-state index contributed by atoms with van der Waals surface area (Å²) in [5.74, 6) is 0. The van der Waals surface area contributed by atoms with Crippen LogP contribution < -0.4 is 0 Å². The highest BCUT2D eigenvalue weighted by atomic mass is 32.1. The fourth-order valence-corrected chi connectivity index (χ4v) is 2.55. The molecule has 0 N–H and O–H groups in total. The molecule has 0 spiro atoms. The lowest BCUT2D eigenvalue weighted by Crippen LogP contribution is -2.08. The van der Waals surface area contributed by atoms with E-state index in [2.05, 4.69) is 35.7 Å². The fraction of sp³-hybridized carbons (Fsp3) is 0.333. The van der Waals surface area contributed by atoms with Gasteiger partial charge < -0.3 is 9.47 Å². The summed E-state index contributed by atoms with van der Waals surface area (Å²) < 4.78 is 11.2. The Morgan fingerprint density at radius 2 is 1.83 bits per heavy atom. The van der Waals surface area contributed by atoms with Crippen molar-refractivity contribution in [2.45, 2.75) is 20.1 Å². The molecule has 2 rings (SSSR count). The molecule has 0 fully saturated rings. The molecule has 2 nitrogen and oxygen atoms in total. The van der Waals surface area contributed by atoms with Crippen molar-refractivity contribution >= 4 is 11.3 Å². The summed E-state index contributed by atoms with van der Waals surface area (Å²) in [5.41, 5.74) is 2.29. The maximum absolute atomic E-state index is 5.62. The summed E-state index contributed by atoms with van der Waals surface area (Å²) in [6, 6.07) is 12.5. The highest BCUT2D eigenvalue weighted by molar-refractivity contribution is 7.13. The predicted octanol–water partition coefficient (Wildman–Crippen LogP) is 4.49. The number of thiophene rings is 1. The maximum Gasteiger partial charge on any atom is 0.183 e. The summed E-state index contributed by atoms with van der Waals surface area (Å²) in [4.78, 5) is 1.27. The second kappa shape index (κ2) is 6.69. The van der Waals surface area contributed by atoms with E-state index >= 15 is 0 Å². The van der Waals surface area contributed by atoms with Gasteiger partial charge in [0.1, 0.15) is 0 Å². The molecule has 96 valence electrons. The molecule has 0 aliphatic carbocycles. The van der Waals surface area contributed by atoms with Crippen LogP contribution in [-0.4, -0.2) is 13.2 Å². The van der Waals surface area contributed by atoms with Gasteiger partial charge in [-0.15, -0.1) is 11.3 Å². The van der Waals surface area contributed by atoms with Crippen LogP contribution in [0.2, 0.25) is 0 Å². The molecule has 3 heteroatoms. The lowest BCUT2D eigenvalue weighted by molar-refractivity contribution is -0.140. The van der Waals surface area contributed by atoms with Crippen LogP contribution in [0.4, 0.5) is 0 Å². The summed E-state index contributed by atoms with van der Waals surface area (Å²) >= 11 is 1.74. The van der Waals surface area contributed by atoms with E-state index in [0.717, 1.165) is 5.56 Å². The molecule has 0 aliphatic heterocycles. The summed E-state index contributed by atoms with van der Waals surface area (Å²) in [5, 5.41) is 2.09. The second-order valence-electron chi connectivity index (χ2n) is 3.85. The Balaban J connectivity index is 2.25. The highest BCUT2D eigenvalue weighted by Gasteiger charge is 2.12. The van der Waals surface area contributed by atoms with Crippen molar-refractivity contribution in [3.8, 4) is 10.4 Å². The van der Waals surface area contributed by atoms with Crippen molar-refractivity contribution in [1.29, 1.82) is 0 Å². The van der Waals surface area contributed by atoms with Gasteiger partial charge in [0, 0.05) is 23.7 Å². The first kappa shape index (κ1) is 13.3. The van der Waals surface area contributed by atoms with Crippen molar-refractivity contribution < 1.29 is 9.47 Å². The van der Waals surface area contributed by atoms with E-state index in [1.807, 2.05) is 19.9 Å². The third-order valence-electron chi connectivity index (χ3n) is 2.60. The fourth-order valence-electron chi connectivity index (χ4n) is 1.82. The lowest BCUT2D eigenvalue weighted by atomic mass is 10.1. The molecule has 2 aromatic rings. The second-order valence-corrected chi connectivity index (χ2v) is 4.79. The zero-order valence-corrected chi connectivity index (χ0v) is 11.6. The minimum Gasteiger partial charge on any atom is -0.349 e. The molecule has 1 aromatic heterocycles. The molecule has 0 bridgehead atoms. The van der Waals surface area contributed by atoms with Gasteiger partial charge in [-0.1, -0.05) is 24.3 Å². The first-order valence-corrected chi connectivity index (χ1v) is 7.10. The Labute approximate surface area is 112 Å². The first-order valence-electron chi connectivity index (χ1n) is 6.22. The molecule has 18 heavy (non-hydrogen) atoms. The topological polar surface area (TPSA) is 18.5 Å². The van der Waals surface area contributed by atoms with E-state index in [1.165, 1.54) is 10.4 Å². The largest absolute Gasteiger partial charge is 0.349 e. The van der Waals surface area contributed by atoms with E-state index in [9.17, 15) is 0 Å². The number of ether oxygens (including phenoxy) is 2. The lowest BCUT2D eigenvalue weighted by Gasteiger charge is -2.17. The van der Waals surface area contributed by atoms with Gasteiger partial charge in [0.2, 0.25) is 0 Å². The zero-order chi connectivity index (χ0) is 12.8. The van der Waals surface area contributed by atoms with Gasteiger partial charge in [-0.2, -0.15) is 0 Å². The third kappa shape index (κ3) is 3.19. The predicted molar refractivity (Wildman–Crippen MR) is 75.7 cm³/mol. The van der Waals surface area contributed by atoms with Gasteiger partial charge >= 0.3 is 0 Å². The van der Waals surface area contributed by atoms with Gasteiger partial charge in [0.15, 0.2) is 6.29 Å². The summed E-state index contributed by atoms with van der Waals surface area (Å²) in [6.45, 7) is 5.26. The van der Waals surface area contributed by atoms with E-state index in [1.54, 1.807) is 11.3 Å². The van der Waals surface area contributed by atoms with Crippen molar-refractivity contribution in [2.75, 3.05) is 13.2 Å². The zero-order valence-electron chi connectivity index (χ0n) is 10.8. The summed E-state index contributed by atoms with van der Waals surface area (Å²) in [6.07, 6.45) is -0.264. The van der Waals surface area contributed by atoms with E-state index in [4.69, 9.17) is 9.47 Å². The van der Waals surface area contributed by atoms with Crippen LogP contribution in [0, 0.1) is 0 Å². The van der Waals surface area contributed by atoms with Crippen LogP contribution in [0.5, 0.6) is 0 Å². The van der Waals surface area contributed by atoms with Crippen molar-refractivity contribution in [1.82, 2.24) is 0 Å². The van der Waals surface area contributed by atoms with Crippen LogP contribution in [0.15, 0.2) is 41.8 Å². The monoisotopic (exact) mass is 262 g/mol. The van der Waals surface area contributed by atoms with Crippen LogP contribution in [0.3, 0.4) is 0 Å². The Kier molecular flexibility index (Phi) is 4.93. The molecule has 0 unspecified atom stereocenters. The van der Waals surface area contributed by atoms with Crippen molar-refractivity contribution in [3.05, 3.63) is 47.3 Å². The van der Waals surface area contributed by atoms with Gasteiger partial charge in [0.05, 0.1) is 0 Å². The van der Waals surface area contributed by atoms with Crippen molar-refractivity contribution in [2.24, 2.45) is 0 Å².